The fourth-order valence-electron chi connectivity index (χ4n) is 4.05. The first kappa shape index (κ1) is 24.8. The van der Waals surface area contributed by atoms with Crippen molar-refractivity contribution < 1.29 is 42.7 Å². The summed E-state index contributed by atoms with van der Waals surface area (Å²) >= 11 is 0. The van der Waals surface area contributed by atoms with Crippen LogP contribution in [-0.2, 0) is 42.7 Å². The van der Waals surface area contributed by atoms with Gasteiger partial charge in [-0.1, -0.05) is 6.92 Å². The smallest absolute Gasteiger partial charge is 0.217 e. The van der Waals surface area contributed by atoms with E-state index in [-0.39, 0.29) is 18.6 Å². The molecule has 0 aromatic carbocycles. The van der Waals surface area contributed by atoms with Crippen molar-refractivity contribution in [2.45, 2.75) is 70.0 Å². The lowest BCUT2D eigenvalue weighted by molar-refractivity contribution is -0.214. The van der Waals surface area contributed by atoms with Crippen LogP contribution >= 0.6 is 0 Å². The number of carbonyl (C=O) groups excluding carboxylic acids is 1. The first-order valence-electron chi connectivity index (χ1n) is 11.1. The van der Waals surface area contributed by atoms with Crippen molar-refractivity contribution in [3.05, 3.63) is 0 Å². The fraction of sp³-hybridized carbons (Fsp3) is 0.952. The molecule has 10 nitrogen and oxygen atoms in total. The van der Waals surface area contributed by atoms with Crippen LogP contribution in [0.3, 0.4) is 0 Å². The summed E-state index contributed by atoms with van der Waals surface area (Å²) in [5, 5.41) is 2.88. The van der Waals surface area contributed by atoms with Crippen LogP contribution in [0.5, 0.6) is 0 Å². The Morgan fingerprint density at radius 2 is 1.55 bits per heavy atom. The minimum Gasteiger partial charge on any atom is -0.379 e. The van der Waals surface area contributed by atoms with Crippen LogP contribution in [-0.4, -0.2) is 101 Å². The van der Waals surface area contributed by atoms with Gasteiger partial charge in [-0.25, -0.2) is 0 Å². The van der Waals surface area contributed by atoms with Crippen molar-refractivity contribution in [1.29, 1.82) is 0 Å². The molecule has 0 radical (unpaired) electrons. The summed E-state index contributed by atoms with van der Waals surface area (Å²) in [4.78, 5) is 11.6. The molecule has 10 heteroatoms. The van der Waals surface area contributed by atoms with E-state index < -0.39 is 29.8 Å². The van der Waals surface area contributed by atoms with E-state index >= 15 is 0 Å². The summed E-state index contributed by atoms with van der Waals surface area (Å²) in [5.41, 5.74) is -0.778. The molecule has 180 valence electrons. The van der Waals surface area contributed by atoms with Crippen LogP contribution < -0.4 is 5.32 Å². The van der Waals surface area contributed by atoms with Crippen LogP contribution in [0.4, 0.5) is 0 Å². The number of carbonyl (C=O) groups is 1. The van der Waals surface area contributed by atoms with Gasteiger partial charge < -0.3 is 43.2 Å². The van der Waals surface area contributed by atoms with Crippen molar-refractivity contribution in [1.82, 2.24) is 5.32 Å². The highest BCUT2D eigenvalue weighted by molar-refractivity contribution is 5.73. The third kappa shape index (κ3) is 6.58. The molecular weight excluding hydrogens is 410 g/mol. The summed E-state index contributed by atoms with van der Waals surface area (Å²) in [6, 6.07) is -0.435. The van der Waals surface area contributed by atoms with Crippen LogP contribution in [0.2, 0.25) is 0 Å². The van der Waals surface area contributed by atoms with Crippen LogP contribution in [0.15, 0.2) is 0 Å². The average Bonchev–Trinajstić information content (AvgIpc) is 3.26. The molecule has 1 amide bonds. The second kappa shape index (κ2) is 11.3. The molecule has 0 unspecified atom stereocenters. The molecule has 0 saturated carbocycles. The number of fused-ring (bicyclic) bond motifs is 4. The number of nitrogens with one attached hydrogen (secondary N) is 1. The summed E-state index contributed by atoms with van der Waals surface area (Å²) in [5.74, 6) is -0.952. The standard InChI is InChI=1S/C21H37NO9/c1-5-6-24-7-8-25-9-10-26-11-12-27-13-21-14-28-19(31-21)16(22-15(2)23)17-18(21)30-20(3,4)29-17/h16-19H,5-14H2,1-4H3,(H,22,23)/t16-,17-,18-,19+,21+/m1/s1. The van der Waals surface area contributed by atoms with Crippen molar-refractivity contribution in [2.75, 3.05) is 59.5 Å². The highest BCUT2D eigenvalue weighted by Crippen LogP contribution is 2.46. The van der Waals surface area contributed by atoms with Crippen molar-refractivity contribution in [3.8, 4) is 0 Å². The zero-order chi connectivity index (χ0) is 22.3. The van der Waals surface area contributed by atoms with Crippen molar-refractivity contribution in [2.24, 2.45) is 0 Å². The van der Waals surface area contributed by atoms with E-state index in [1.807, 2.05) is 13.8 Å². The second-order valence-corrected chi connectivity index (χ2v) is 8.50. The summed E-state index contributed by atoms with van der Waals surface area (Å²) in [7, 11) is 0. The number of hydrogen-bond acceptors (Lipinski definition) is 9. The van der Waals surface area contributed by atoms with E-state index in [0.29, 0.717) is 46.2 Å². The fourth-order valence-corrected chi connectivity index (χ4v) is 4.05. The van der Waals surface area contributed by atoms with Crippen molar-refractivity contribution in [3.63, 3.8) is 0 Å². The van der Waals surface area contributed by atoms with Gasteiger partial charge in [0.1, 0.15) is 23.9 Å². The molecule has 0 spiro atoms. The Kier molecular flexibility index (Phi) is 9.06. The van der Waals surface area contributed by atoms with Crippen LogP contribution in [0.25, 0.3) is 0 Å². The Hall–Kier alpha value is -0.850. The number of ether oxygens (including phenoxy) is 8. The number of rotatable bonds is 14. The predicted molar refractivity (Wildman–Crippen MR) is 109 cm³/mol. The maximum absolute atomic E-state index is 11.6. The third-order valence-corrected chi connectivity index (χ3v) is 5.32. The molecule has 5 atom stereocenters. The van der Waals surface area contributed by atoms with Gasteiger partial charge in [0, 0.05) is 13.5 Å². The van der Waals surface area contributed by atoms with Gasteiger partial charge >= 0.3 is 0 Å². The first-order chi connectivity index (χ1) is 14.9. The van der Waals surface area contributed by atoms with E-state index in [9.17, 15) is 4.79 Å². The normalized spacial score (nSPS) is 33.4. The largest absolute Gasteiger partial charge is 0.379 e. The SMILES string of the molecule is CCCOCCOCCOCCOC[C@@]12CO[C@@H](O1)[C@H](NC(C)=O)[C@H]1OC(C)(C)O[C@H]12. The quantitative estimate of drug-likeness (QED) is 0.384. The zero-order valence-electron chi connectivity index (χ0n) is 19.1. The van der Waals surface area contributed by atoms with Gasteiger partial charge in [-0.15, -0.1) is 0 Å². The Bertz CT molecular complexity index is 575. The average molecular weight is 448 g/mol. The molecule has 31 heavy (non-hydrogen) atoms. The molecule has 2 bridgehead atoms. The van der Waals surface area contributed by atoms with E-state index in [1.165, 1.54) is 6.92 Å². The van der Waals surface area contributed by atoms with Crippen LogP contribution in [0.1, 0.15) is 34.1 Å². The van der Waals surface area contributed by atoms with Crippen LogP contribution in [0, 0.1) is 0 Å². The second-order valence-electron chi connectivity index (χ2n) is 8.50. The van der Waals surface area contributed by atoms with E-state index in [1.54, 1.807) is 0 Å². The molecular formula is C21H37NO9. The maximum atomic E-state index is 11.6. The molecule has 3 aliphatic heterocycles. The van der Waals surface area contributed by atoms with Gasteiger partial charge in [0.15, 0.2) is 12.1 Å². The van der Waals surface area contributed by atoms with Gasteiger partial charge in [0.05, 0.1) is 52.9 Å². The molecule has 0 aromatic rings. The van der Waals surface area contributed by atoms with E-state index in [0.717, 1.165) is 13.0 Å². The molecule has 1 N–H and O–H groups in total. The lowest BCUT2D eigenvalue weighted by Crippen LogP contribution is -2.65. The van der Waals surface area contributed by atoms with E-state index in [4.69, 9.17) is 37.9 Å². The zero-order valence-corrected chi connectivity index (χ0v) is 19.1. The molecule has 3 saturated heterocycles. The Labute approximate surface area is 184 Å². The number of amides is 1. The molecule has 0 aliphatic carbocycles. The van der Waals surface area contributed by atoms with Crippen molar-refractivity contribution >= 4 is 5.91 Å². The summed E-state index contributed by atoms with van der Waals surface area (Å²) in [6.07, 6.45) is -0.377. The Morgan fingerprint density at radius 3 is 2.16 bits per heavy atom. The maximum Gasteiger partial charge on any atom is 0.217 e. The van der Waals surface area contributed by atoms with Gasteiger partial charge in [0.2, 0.25) is 5.91 Å². The van der Waals surface area contributed by atoms with Gasteiger partial charge in [0.25, 0.3) is 0 Å². The molecule has 0 aromatic heterocycles. The highest BCUT2D eigenvalue weighted by Gasteiger charge is 2.66. The minimum atomic E-state index is -0.780. The molecule has 3 aliphatic rings. The van der Waals surface area contributed by atoms with Gasteiger partial charge in [-0.3, -0.25) is 4.79 Å². The third-order valence-electron chi connectivity index (χ3n) is 5.32. The number of hydrogen-bond donors (Lipinski definition) is 1. The lowest BCUT2D eigenvalue weighted by atomic mass is 9.88. The highest BCUT2D eigenvalue weighted by atomic mass is 16.8. The van der Waals surface area contributed by atoms with E-state index in [2.05, 4.69) is 12.2 Å². The van der Waals surface area contributed by atoms with Gasteiger partial charge in [-0.05, 0) is 20.3 Å². The summed E-state index contributed by atoms with van der Waals surface area (Å²) < 4.78 is 46.4. The predicted octanol–water partition coefficient (Wildman–Crippen LogP) is 0.613. The van der Waals surface area contributed by atoms with Gasteiger partial charge in [-0.2, -0.15) is 0 Å². The first-order valence-corrected chi connectivity index (χ1v) is 11.1. The molecule has 3 fully saturated rings. The molecule has 3 rings (SSSR count). The minimum absolute atomic E-state index is 0.172. The Morgan fingerprint density at radius 1 is 0.935 bits per heavy atom. The topological polar surface area (TPSA) is 103 Å². The Balaban J connectivity index is 1.37. The monoisotopic (exact) mass is 447 g/mol. The lowest BCUT2D eigenvalue weighted by Gasteiger charge is -2.42. The summed E-state index contributed by atoms with van der Waals surface area (Å²) in [6.45, 7) is 11.6. The molecule has 3 heterocycles.